The van der Waals surface area contributed by atoms with Crippen LogP contribution in [0.15, 0.2) is 59.7 Å². The lowest BCUT2D eigenvalue weighted by Crippen LogP contribution is -2.16. The number of thioether (sulfide) groups is 1. The second-order valence-electron chi connectivity index (χ2n) is 5.33. The van der Waals surface area contributed by atoms with Crippen LogP contribution < -0.4 is 10.7 Å². The lowest BCUT2D eigenvalue weighted by atomic mass is 10.2. The van der Waals surface area contributed by atoms with Crippen LogP contribution in [0.5, 0.6) is 0 Å². The van der Waals surface area contributed by atoms with Gasteiger partial charge in [-0.2, -0.15) is 13.2 Å². The molecule has 136 valence electrons. The summed E-state index contributed by atoms with van der Waals surface area (Å²) >= 11 is 1.05. The van der Waals surface area contributed by atoms with Crippen LogP contribution >= 0.6 is 11.8 Å². The number of benzene rings is 2. The zero-order valence-electron chi connectivity index (χ0n) is 13.3. The van der Waals surface area contributed by atoms with Gasteiger partial charge in [0.2, 0.25) is 12.1 Å². The molecule has 0 aromatic heterocycles. The third-order valence-electron chi connectivity index (χ3n) is 3.39. The minimum atomic E-state index is -4.46. The summed E-state index contributed by atoms with van der Waals surface area (Å²) in [4.78, 5) is 11.9. The van der Waals surface area contributed by atoms with Gasteiger partial charge in [0.05, 0.1) is 11.3 Å². The molecular formula is C17H14F3N3O2S. The van der Waals surface area contributed by atoms with E-state index in [-0.39, 0.29) is 16.7 Å². The highest BCUT2D eigenvalue weighted by molar-refractivity contribution is 8.14. The van der Waals surface area contributed by atoms with Gasteiger partial charge in [0.25, 0.3) is 5.23 Å². The van der Waals surface area contributed by atoms with Crippen LogP contribution in [0.3, 0.4) is 0 Å². The minimum Gasteiger partial charge on any atom is -0.442 e. The largest absolute Gasteiger partial charge is 0.442 e. The number of anilines is 1. The normalized spacial score (nSPS) is 16.4. The second kappa shape index (κ2) is 7.69. The van der Waals surface area contributed by atoms with Crippen LogP contribution in [0.1, 0.15) is 17.4 Å². The van der Waals surface area contributed by atoms with Crippen molar-refractivity contribution in [3.63, 3.8) is 0 Å². The zero-order chi connectivity index (χ0) is 18.6. The van der Waals surface area contributed by atoms with Gasteiger partial charge in [0, 0.05) is 11.3 Å². The molecule has 0 radical (unpaired) electrons. The Morgan fingerprint density at radius 1 is 1.19 bits per heavy atom. The van der Waals surface area contributed by atoms with Gasteiger partial charge < -0.3 is 10.1 Å². The Bertz CT molecular complexity index is 812. The number of carbonyl (C=O) groups is 1. The first-order valence-electron chi connectivity index (χ1n) is 7.56. The number of alkyl halides is 3. The summed E-state index contributed by atoms with van der Waals surface area (Å²) in [5, 5.41) is 6.72. The average Bonchev–Trinajstić information content (AvgIpc) is 3.09. The molecule has 2 aromatic carbocycles. The van der Waals surface area contributed by atoms with E-state index in [1.165, 1.54) is 12.1 Å². The Morgan fingerprint density at radius 3 is 2.69 bits per heavy atom. The Morgan fingerprint density at radius 2 is 1.96 bits per heavy atom. The molecule has 2 aromatic rings. The SMILES string of the molecule is O=C(CSC1=NNC(c2ccccc2)O1)Nc1cccc(C(F)(F)F)c1. The molecule has 0 bridgehead atoms. The molecule has 1 aliphatic rings. The summed E-state index contributed by atoms with van der Waals surface area (Å²) in [6.07, 6.45) is -4.88. The van der Waals surface area contributed by atoms with Gasteiger partial charge in [-0.3, -0.25) is 10.2 Å². The number of nitrogens with zero attached hydrogens (tertiary/aromatic N) is 1. The molecule has 0 aliphatic carbocycles. The predicted octanol–water partition coefficient (Wildman–Crippen LogP) is 3.97. The molecule has 1 aliphatic heterocycles. The number of hydrazone groups is 1. The maximum absolute atomic E-state index is 12.7. The van der Waals surface area contributed by atoms with Crippen molar-refractivity contribution < 1.29 is 22.7 Å². The number of halogens is 3. The van der Waals surface area contributed by atoms with Crippen LogP contribution in [0.2, 0.25) is 0 Å². The first kappa shape index (κ1) is 18.1. The molecule has 1 unspecified atom stereocenters. The van der Waals surface area contributed by atoms with Crippen molar-refractivity contribution in [1.29, 1.82) is 0 Å². The molecule has 5 nitrogen and oxygen atoms in total. The third kappa shape index (κ3) is 4.69. The number of hydrogen-bond donors (Lipinski definition) is 2. The maximum atomic E-state index is 12.7. The van der Waals surface area contributed by atoms with Crippen molar-refractivity contribution in [2.24, 2.45) is 5.10 Å². The summed E-state index contributed by atoms with van der Waals surface area (Å²) in [7, 11) is 0. The number of hydrogen-bond acceptors (Lipinski definition) is 5. The van der Waals surface area contributed by atoms with E-state index in [4.69, 9.17) is 4.74 Å². The molecule has 3 rings (SSSR count). The van der Waals surface area contributed by atoms with Gasteiger partial charge in [0.1, 0.15) is 0 Å². The highest BCUT2D eigenvalue weighted by Gasteiger charge is 2.30. The first-order valence-corrected chi connectivity index (χ1v) is 8.55. The van der Waals surface area contributed by atoms with Crippen LogP contribution in [-0.4, -0.2) is 16.9 Å². The van der Waals surface area contributed by atoms with Crippen molar-refractivity contribution in [3.8, 4) is 0 Å². The second-order valence-corrected chi connectivity index (χ2v) is 6.26. The van der Waals surface area contributed by atoms with E-state index in [1.807, 2.05) is 30.3 Å². The fourth-order valence-corrected chi connectivity index (χ4v) is 2.81. The van der Waals surface area contributed by atoms with Crippen molar-refractivity contribution in [1.82, 2.24) is 5.43 Å². The Hall–Kier alpha value is -2.68. The van der Waals surface area contributed by atoms with E-state index in [9.17, 15) is 18.0 Å². The molecule has 0 spiro atoms. The zero-order valence-corrected chi connectivity index (χ0v) is 14.1. The molecule has 26 heavy (non-hydrogen) atoms. The predicted molar refractivity (Wildman–Crippen MR) is 93.4 cm³/mol. The summed E-state index contributed by atoms with van der Waals surface area (Å²) in [5.74, 6) is -0.498. The van der Waals surface area contributed by atoms with Crippen molar-refractivity contribution >= 4 is 28.6 Å². The van der Waals surface area contributed by atoms with Crippen LogP contribution in [-0.2, 0) is 15.7 Å². The molecule has 2 N–H and O–H groups in total. The highest BCUT2D eigenvalue weighted by atomic mass is 32.2. The van der Waals surface area contributed by atoms with E-state index in [0.29, 0.717) is 0 Å². The van der Waals surface area contributed by atoms with Gasteiger partial charge >= 0.3 is 6.18 Å². The fraction of sp³-hybridized carbons (Fsp3) is 0.176. The number of nitrogens with one attached hydrogen (secondary N) is 2. The molecule has 0 fully saturated rings. The molecule has 0 saturated carbocycles. The van der Waals surface area contributed by atoms with Crippen molar-refractivity contribution in [3.05, 3.63) is 65.7 Å². The van der Waals surface area contributed by atoms with Crippen molar-refractivity contribution in [2.45, 2.75) is 12.4 Å². The maximum Gasteiger partial charge on any atom is 0.416 e. The van der Waals surface area contributed by atoms with E-state index >= 15 is 0 Å². The topological polar surface area (TPSA) is 62.7 Å². The minimum absolute atomic E-state index is 0.0434. The Balaban J connectivity index is 1.49. The lowest BCUT2D eigenvalue weighted by Gasteiger charge is -2.11. The molecular weight excluding hydrogens is 367 g/mol. The quantitative estimate of drug-likeness (QED) is 0.841. The van der Waals surface area contributed by atoms with Crippen LogP contribution in [0, 0.1) is 0 Å². The highest BCUT2D eigenvalue weighted by Crippen LogP contribution is 2.30. The van der Waals surface area contributed by atoms with Gasteiger partial charge in [-0.1, -0.05) is 48.2 Å². The smallest absolute Gasteiger partial charge is 0.416 e. The Labute approximate surface area is 151 Å². The van der Waals surface area contributed by atoms with E-state index in [0.717, 1.165) is 29.5 Å². The van der Waals surface area contributed by atoms with Gasteiger partial charge in [-0.15, -0.1) is 5.10 Å². The first-order chi connectivity index (χ1) is 12.4. The van der Waals surface area contributed by atoms with Gasteiger partial charge in [-0.05, 0) is 18.2 Å². The summed E-state index contributed by atoms with van der Waals surface area (Å²) in [5.41, 5.74) is 2.96. The Kier molecular flexibility index (Phi) is 5.36. The molecule has 1 atom stereocenters. The van der Waals surface area contributed by atoms with Crippen molar-refractivity contribution in [2.75, 3.05) is 11.1 Å². The standard InChI is InChI=1S/C17H14F3N3O2S/c18-17(19,20)12-7-4-8-13(9-12)21-14(24)10-26-16-23-22-15(25-16)11-5-2-1-3-6-11/h1-9,15,22H,10H2,(H,21,24). The van der Waals surface area contributed by atoms with E-state index in [1.54, 1.807) is 0 Å². The monoisotopic (exact) mass is 381 g/mol. The summed E-state index contributed by atoms with van der Waals surface area (Å²) in [6.45, 7) is 0. The number of rotatable bonds is 4. The summed E-state index contributed by atoms with van der Waals surface area (Å²) in [6, 6.07) is 13.8. The fourth-order valence-electron chi connectivity index (χ4n) is 2.20. The van der Waals surface area contributed by atoms with Gasteiger partial charge in [-0.25, -0.2) is 0 Å². The van der Waals surface area contributed by atoms with E-state index < -0.39 is 23.9 Å². The average molecular weight is 381 g/mol. The lowest BCUT2D eigenvalue weighted by molar-refractivity contribution is -0.137. The van der Waals surface area contributed by atoms with E-state index in [2.05, 4.69) is 15.8 Å². The third-order valence-corrected chi connectivity index (χ3v) is 4.24. The summed E-state index contributed by atoms with van der Waals surface area (Å²) < 4.78 is 43.6. The number of amides is 1. The molecule has 9 heteroatoms. The molecule has 1 heterocycles. The molecule has 0 saturated heterocycles. The molecule has 1 amide bonds. The van der Waals surface area contributed by atoms with Gasteiger partial charge in [0.15, 0.2) is 0 Å². The number of ether oxygens (including phenoxy) is 1. The van der Waals surface area contributed by atoms with Crippen LogP contribution in [0.4, 0.5) is 18.9 Å². The van der Waals surface area contributed by atoms with Crippen LogP contribution in [0.25, 0.3) is 0 Å². The number of carbonyl (C=O) groups excluding carboxylic acids is 1.